The smallest absolute Gasteiger partial charge is 0.253 e. The number of rotatable bonds is 8. The Labute approximate surface area is 145 Å². The fourth-order valence-corrected chi connectivity index (χ4v) is 3.95. The molecule has 2 aromatic rings. The van der Waals surface area contributed by atoms with Crippen LogP contribution in [-0.4, -0.2) is 44.0 Å². The van der Waals surface area contributed by atoms with Crippen molar-refractivity contribution in [3.8, 4) is 0 Å². The summed E-state index contributed by atoms with van der Waals surface area (Å²) in [7, 11) is -3.70. The largest absolute Gasteiger partial charge is 0.395 e. The molecule has 0 bridgehead atoms. The van der Waals surface area contributed by atoms with Crippen LogP contribution >= 0.6 is 11.3 Å². The van der Waals surface area contributed by atoms with Gasteiger partial charge in [0.25, 0.3) is 5.91 Å². The summed E-state index contributed by atoms with van der Waals surface area (Å²) in [6, 6.07) is 9.63. The van der Waals surface area contributed by atoms with Crippen molar-refractivity contribution in [3.05, 3.63) is 52.2 Å². The molecule has 130 valence electrons. The summed E-state index contributed by atoms with van der Waals surface area (Å²) in [5.74, 6) is -0.304. The minimum atomic E-state index is -3.70. The first-order valence-corrected chi connectivity index (χ1v) is 9.86. The highest BCUT2D eigenvalue weighted by atomic mass is 32.2. The summed E-state index contributed by atoms with van der Waals surface area (Å²) >= 11 is 1.47. The molecule has 0 unspecified atom stereocenters. The standard InChI is InChI=1S/C16H20N2O4S2/c1-2-18(8-9-19)16(20)13-5-3-7-15(11-13)24(21,22)17-12-14-6-4-10-23-14/h3-7,10-11,17,19H,2,8-9,12H2,1H3. The zero-order valence-corrected chi connectivity index (χ0v) is 14.9. The van der Waals surface area contributed by atoms with E-state index in [1.807, 2.05) is 17.5 Å². The number of hydrogen-bond acceptors (Lipinski definition) is 5. The number of aliphatic hydroxyl groups excluding tert-OH is 1. The first kappa shape index (κ1) is 18.6. The van der Waals surface area contributed by atoms with Gasteiger partial charge in [-0.05, 0) is 36.6 Å². The van der Waals surface area contributed by atoms with Gasteiger partial charge in [0.15, 0.2) is 0 Å². The number of thiophene rings is 1. The number of carbonyl (C=O) groups is 1. The Morgan fingerprint density at radius 1 is 1.29 bits per heavy atom. The molecule has 8 heteroatoms. The molecule has 0 radical (unpaired) electrons. The molecule has 0 saturated heterocycles. The van der Waals surface area contributed by atoms with E-state index in [1.54, 1.807) is 19.1 Å². The quantitative estimate of drug-likeness (QED) is 0.742. The molecule has 24 heavy (non-hydrogen) atoms. The molecule has 0 aliphatic rings. The number of aliphatic hydroxyl groups is 1. The average molecular weight is 368 g/mol. The van der Waals surface area contributed by atoms with Gasteiger partial charge in [-0.2, -0.15) is 0 Å². The number of carbonyl (C=O) groups excluding carboxylic acids is 1. The van der Waals surface area contributed by atoms with E-state index in [9.17, 15) is 13.2 Å². The SMILES string of the molecule is CCN(CCO)C(=O)c1cccc(S(=O)(=O)NCc2cccs2)c1. The van der Waals surface area contributed by atoms with Crippen LogP contribution in [0, 0.1) is 0 Å². The predicted molar refractivity (Wildman–Crippen MR) is 93.4 cm³/mol. The maximum Gasteiger partial charge on any atom is 0.253 e. The summed E-state index contributed by atoms with van der Waals surface area (Å²) < 4.78 is 27.3. The normalized spacial score (nSPS) is 11.4. The fourth-order valence-electron chi connectivity index (χ4n) is 2.17. The number of benzene rings is 1. The van der Waals surface area contributed by atoms with Gasteiger partial charge in [-0.1, -0.05) is 12.1 Å². The van der Waals surface area contributed by atoms with Gasteiger partial charge in [0.05, 0.1) is 11.5 Å². The van der Waals surface area contributed by atoms with Crippen LogP contribution in [0.2, 0.25) is 0 Å². The van der Waals surface area contributed by atoms with Crippen LogP contribution in [0.1, 0.15) is 22.2 Å². The van der Waals surface area contributed by atoms with Crippen molar-refractivity contribution in [2.45, 2.75) is 18.4 Å². The first-order chi connectivity index (χ1) is 11.5. The van der Waals surface area contributed by atoms with Crippen LogP contribution in [0.3, 0.4) is 0 Å². The number of hydrogen-bond donors (Lipinski definition) is 2. The van der Waals surface area contributed by atoms with Crippen molar-refractivity contribution in [2.24, 2.45) is 0 Å². The number of amides is 1. The van der Waals surface area contributed by atoms with Gasteiger partial charge < -0.3 is 10.0 Å². The second-order valence-corrected chi connectivity index (χ2v) is 7.84. The number of likely N-dealkylation sites (N-methyl/N-ethyl adjacent to an activating group) is 1. The molecule has 0 aliphatic carbocycles. The van der Waals surface area contributed by atoms with Crippen LogP contribution in [0.25, 0.3) is 0 Å². The molecular weight excluding hydrogens is 348 g/mol. The molecule has 0 saturated carbocycles. The van der Waals surface area contributed by atoms with Crippen LogP contribution < -0.4 is 4.72 Å². The molecule has 1 aromatic heterocycles. The lowest BCUT2D eigenvalue weighted by atomic mass is 10.2. The lowest BCUT2D eigenvalue weighted by molar-refractivity contribution is 0.0731. The minimum absolute atomic E-state index is 0.0463. The molecule has 0 aliphatic heterocycles. The van der Waals surface area contributed by atoms with E-state index in [0.29, 0.717) is 6.54 Å². The fraction of sp³-hybridized carbons (Fsp3) is 0.312. The Hall–Kier alpha value is -1.74. The van der Waals surface area contributed by atoms with Crippen LogP contribution in [0.4, 0.5) is 0 Å². The topological polar surface area (TPSA) is 86.7 Å². The van der Waals surface area contributed by atoms with Crippen LogP contribution in [0.5, 0.6) is 0 Å². The number of nitrogens with zero attached hydrogens (tertiary/aromatic N) is 1. The van der Waals surface area contributed by atoms with Crippen molar-refractivity contribution in [1.29, 1.82) is 0 Å². The predicted octanol–water partition coefficient (Wildman–Crippen LogP) is 1.68. The summed E-state index contributed by atoms with van der Waals surface area (Å²) in [6.07, 6.45) is 0. The number of sulfonamides is 1. The molecule has 6 nitrogen and oxygen atoms in total. The van der Waals surface area contributed by atoms with Crippen molar-refractivity contribution in [2.75, 3.05) is 19.7 Å². The van der Waals surface area contributed by atoms with E-state index in [2.05, 4.69) is 4.72 Å². The minimum Gasteiger partial charge on any atom is -0.395 e. The summed E-state index contributed by atoms with van der Waals surface area (Å²) in [5.41, 5.74) is 0.282. The summed E-state index contributed by atoms with van der Waals surface area (Å²) in [4.78, 5) is 14.8. The Morgan fingerprint density at radius 3 is 2.71 bits per heavy atom. The highest BCUT2D eigenvalue weighted by molar-refractivity contribution is 7.89. The summed E-state index contributed by atoms with van der Waals surface area (Å²) in [6.45, 7) is 2.52. The molecule has 1 amide bonds. The molecule has 1 heterocycles. The molecule has 0 atom stereocenters. The Morgan fingerprint density at radius 2 is 2.08 bits per heavy atom. The van der Waals surface area contributed by atoms with Gasteiger partial charge in [0.1, 0.15) is 0 Å². The molecule has 1 aromatic carbocycles. The van der Waals surface area contributed by atoms with Crippen molar-refractivity contribution in [1.82, 2.24) is 9.62 Å². The summed E-state index contributed by atoms with van der Waals surface area (Å²) in [5, 5.41) is 10.9. The van der Waals surface area contributed by atoms with Crippen molar-refractivity contribution < 1.29 is 18.3 Å². The van der Waals surface area contributed by atoms with Gasteiger partial charge in [0.2, 0.25) is 10.0 Å². The lowest BCUT2D eigenvalue weighted by Gasteiger charge is -2.20. The maximum absolute atomic E-state index is 12.4. The monoisotopic (exact) mass is 368 g/mol. The first-order valence-electron chi connectivity index (χ1n) is 7.50. The van der Waals surface area contributed by atoms with Crippen LogP contribution in [-0.2, 0) is 16.6 Å². The van der Waals surface area contributed by atoms with Crippen molar-refractivity contribution in [3.63, 3.8) is 0 Å². The van der Waals surface area contributed by atoms with Gasteiger partial charge >= 0.3 is 0 Å². The highest BCUT2D eigenvalue weighted by Gasteiger charge is 2.18. The third-order valence-electron chi connectivity index (χ3n) is 3.45. The highest BCUT2D eigenvalue weighted by Crippen LogP contribution is 2.15. The van der Waals surface area contributed by atoms with Crippen LogP contribution in [0.15, 0.2) is 46.7 Å². The Kier molecular flexibility index (Phi) is 6.50. The molecule has 2 N–H and O–H groups in total. The molecule has 2 rings (SSSR count). The maximum atomic E-state index is 12.4. The third kappa shape index (κ3) is 4.64. The van der Waals surface area contributed by atoms with Gasteiger partial charge in [-0.25, -0.2) is 13.1 Å². The van der Waals surface area contributed by atoms with Gasteiger partial charge in [0, 0.05) is 30.1 Å². The number of nitrogens with one attached hydrogen (secondary N) is 1. The van der Waals surface area contributed by atoms with E-state index in [4.69, 9.17) is 5.11 Å². The zero-order valence-electron chi connectivity index (χ0n) is 13.3. The molecule has 0 fully saturated rings. The molecular formula is C16H20N2O4S2. The van der Waals surface area contributed by atoms with E-state index in [1.165, 1.54) is 28.4 Å². The van der Waals surface area contributed by atoms with Crippen molar-refractivity contribution >= 4 is 27.3 Å². The van der Waals surface area contributed by atoms with E-state index < -0.39 is 10.0 Å². The zero-order chi connectivity index (χ0) is 17.6. The second kappa shape index (κ2) is 8.39. The Bertz CT molecular complexity index is 773. The third-order valence-corrected chi connectivity index (χ3v) is 5.72. The average Bonchev–Trinajstić information content (AvgIpc) is 3.11. The Balaban J connectivity index is 2.17. The lowest BCUT2D eigenvalue weighted by Crippen LogP contribution is -2.33. The van der Waals surface area contributed by atoms with Gasteiger partial charge in [-0.3, -0.25) is 4.79 Å². The van der Waals surface area contributed by atoms with E-state index in [0.717, 1.165) is 4.88 Å². The molecule has 0 spiro atoms. The van der Waals surface area contributed by atoms with E-state index in [-0.39, 0.29) is 36.1 Å². The van der Waals surface area contributed by atoms with E-state index >= 15 is 0 Å². The second-order valence-electron chi connectivity index (χ2n) is 5.04. The van der Waals surface area contributed by atoms with Gasteiger partial charge in [-0.15, -0.1) is 11.3 Å².